The summed E-state index contributed by atoms with van der Waals surface area (Å²) in [5, 5.41) is 6.91. The maximum atomic E-state index is 13.5. The van der Waals surface area contributed by atoms with Gasteiger partial charge in [-0.2, -0.15) is 0 Å². The molecule has 0 unspecified atom stereocenters. The Bertz CT molecular complexity index is 1670. The van der Waals surface area contributed by atoms with Crippen LogP contribution in [0.3, 0.4) is 0 Å². The molecule has 1 aromatic heterocycles. The number of hydrogen-bond donors (Lipinski definition) is 2. The third kappa shape index (κ3) is 5.23. The van der Waals surface area contributed by atoms with Gasteiger partial charge in [0.2, 0.25) is 0 Å². The highest BCUT2D eigenvalue weighted by atomic mass is 16.2. The monoisotopic (exact) mass is 501 g/mol. The Hall–Kier alpha value is -4.64. The molecule has 0 spiro atoms. The van der Waals surface area contributed by atoms with E-state index in [9.17, 15) is 9.59 Å². The Morgan fingerprint density at radius 2 is 1.39 bits per heavy atom. The lowest BCUT2D eigenvalue weighted by molar-refractivity contribution is 0.101. The lowest BCUT2D eigenvalue weighted by Gasteiger charge is -2.14. The molecule has 5 heteroatoms. The Labute approximate surface area is 223 Å². The maximum Gasteiger partial charge on any atom is 0.272 e. The zero-order valence-electron chi connectivity index (χ0n) is 22.1. The normalized spacial score (nSPS) is 10.9. The Morgan fingerprint density at radius 3 is 2.16 bits per heavy atom. The molecule has 2 amide bonds. The number of para-hydroxylation sites is 1. The summed E-state index contributed by atoms with van der Waals surface area (Å²) in [6.07, 6.45) is 0. The van der Waals surface area contributed by atoms with Gasteiger partial charge in [-0.1, -0.05) is 48.0 Å². The Balaban J connectivity index is 1.52. The summed E-state index contributed by atoms with van der Waals surface area (Å²) in [5.74, 6) is -0.345. The fourth-order valence-electron chi connectivity index (χ4n) is 4.65. The highest BCUT2D eigenvalue weighted by Gasteiger charge is 2.18. The molecule has 4 aromatic carbocycles. The third-order valence-electron chi connectivity index (χ3n) is 7.03. The molecular formula is C33H31N3O2. The maximum absolute atomic E-state index is 13.5. The van der Waals surface area contributed by atoms with Crippen molar-refractivity contribution in [2.45, 2.75) is 34.2 Å². The van der Waals surface area contributed by atoms with E-state index in [4.69, 9.17) is 0 Å². The van der Waals surface area contributed by atoms with E-state index >= 15 is 0 Å². The van der Waals surface area contributed by atoms with Gasteiger partial charge in [0.15, 0.2) is 0 Å². The van der Waals surface area contributed by atoms with Crippen molar-refractivity contribution in [2.75, 3.05) is 10.6 Å². The fourth-order valence-corrected chi connectivity index (χ4v) is 4.65. The number of rotatable bonds is 6. The van der Waals surface area contributed by atoms with Crippen LogP contribution in [0.25, 0.3) is 10.9 Å². The van der Waals surface area contributed by atoms with Crippen molar-refractivity contribution in [1.29, 1.82) is 0 Å². The molecule has 5 rings (SSSR count). The first-order chi connectivity index (χ1) is 18.3. The number of aryl methyl sites for hydroxylation is 4. The minimum Gasteiger partial charge on any atom is -0.332 e. The van der Waals surface area contributed by atoms with Crippen molar-refractivity contribution in [2.24, 2.45) is 0 Å². The smallest absolute Gasteiger partial charge is 0.272 e. The number of amides is 2. The molecule has 5 nitrogen and oxygen atoms in total. The molecule has 2 N–H and O–H groups in total. The molecule has 0 aliphatic rings. The van der Waals surface area contributed by atoms with Gasteiger partial charge in [-0.05, 0) is 98.5 Å². The van der Waals surface area contributed by atoms with E-state index in [1.807, 2.05) is 91.2 Å². The molecule has 1 heterocycles. The van der Waals surface area contributed by atoms with Gasteiger partial charge < -0.3 is 15.2 Å². The summed E-state index contributed by atoms with van der Waals surface area (Å²) >= 11 is 0. The number of carbonyl (C=O) groups excluding carboxylic acids is 2. The molecule has 0 aliphatic heterocycles. The lowest BCUT2D eigenvalue weighted by Crippen LogP contribution is -2.17. The van der Waals surface area contributed by atoms with Crippen LogP contribution < -0.4 is 10.6 Å². The second-order valence-electron chi connectivity index (χ2n) is 9.89. The third-order valence-corrected chi connectivity index (χ3v) is 7.03. The summed E-state index contributed by atoms with van der Waals surface area (Å²) in [6.45, 7) is 8.75. The van der Waals surface area contributed by atoms with Crippen LogP contribution >= 0.6 is 0 Å². The summed E-state index contributed by atoms with van der Waals surface area (Å²) in [4.78, 5) is 26.4. The van der Waals surface area contributed by atoms with Crippen LogP contribution in [0.15, 0.2) is 91.0 Å². The number of hydrogen-bond acceptors (Lipinski definition) is 2. The quantitative estimate of drug-likeness (QED) is 0.254. The first kappa shape index (κ1) is 25.0. The number of aromatic nitrogens is 1. The van der Waals surface area contributed by atoms with Gasteiger partial charge in [0.1, 0.15) is 5.69 Å². The zero-order valence-corrected chi connectivity index (χ0v) is 22.1. The number of nitrogens with one attached hydrogen (secondary N) is 2. The summed E-state index contributed by atoms with van der Waals surface area (Å²) < 4.78 is 2.05. The van der Waals surface area contributed by atoms with Crippen LogP contribution in [0.1, 0.15) is 48.7 Å². The predicted octanol–water partition coefficient (Wildman–Crippen LogP) is 7.43. The van der Waals surface area contributed by atoms with Crippen molar-refractivity contribution in [3.63, 3.8) is 0 Å². The number of nitrogens with zero attached hydrogens (tertiary/aromatic N) is 1. The Morgan fingerprint density at radius 1 is 0.658 bits per heavy atom. The van der Waals surface area contributed by atoms with Gasteiger partial charge >= 0.3 is 0 Å². The van der Waals surface area contributed by atoms with Gasteiger partial charge in [-0.25, -0.2) is 0 Å². The van der Waals surface area contributed by atoms with E-state index in [2.05, 4.69) is 42.7 Å². The van der Waals surface area contributed by atoms with Crippen molar-refractivity contribution in [3.8, 4) is 0 Å². The molecule has 0 fully saturated rings. The standard InChI is InChI=1S/C33H31N3O2/c1-21-10-11-23(3)27(16-21)20-36-30-15-14-29(35-32(37)25-13-12-22(2)24(4)17-25)18-26(30)19-31(36)33(38)34-28-8-6-5-7-9-28/h5-19H,20H2,1-4H3,(H,34,38)(H,35,37). The first-order valence-corrected chi connectivity index (χ1v) is 12.7. The van der Waals surface area contributed by atoms with E-state index in [1.165, 1.54) is 11.1 Å². The molecule has 0 saturated heterocycles. The molecule has 0 atom stereocenters. The molecule has 0 radical (unpaired) electrons. The molecule has 38 heavy (non-hydrogen) atoms. The van der Waals surface area contributed by atoms with Gasteiger partial charge in [0.25, 0.3) is 11.8 Å². The zero-order chi connectivity index (χ0) is 26.8. The van der Waals surface area contributed by atoms with Gasteiger partial charge in [0, 0.05) is 34.4 Å². The predicted molar refractivity (Wildman–Crippen MR) is 155 cm³/mol. The van der Waals surface area contributed by atoms with Gasteiger partial charge in [-0.15, -0.1) is 0 Å². The summed E-state index contributed by atoms with van der Waals surface area (Å²) in [7, 11) is 0. The van der Waals surface area contributed by atoms with Crippen LogP contribution in [-0.2, 0) is 6.54 Å². The van der Waals surface area contributed by atoms with Gasteiger partial charge in [0.05, 0.1) is 0 Å². The van der Waals surface area contributed by atoms with Crippen LogP contribution in [-0.4, -0.2) is 16.4 Å². The average Bonchev–Trinajstić information content (AvgIpc) is 3.26. The lowest BCUT2D eigenvalue weighted by atomic mass is 10.1. The van der Waals surface area contributed by atoms with Crippen LogP contribution in [0, 0.1) is 27.7 Å². The average molecular weight is 502 g/mol. The molecular weight excluding hydrogens is 470 g/mol. The fraction of sp³-hybridized carbons (Fsp3) is 0.152. The van der Waals surface area contributed by atoms with E-state index in [1.54, 1.807) is 0 Å². The molecule has 0 aliphatic carbocycles. The van der Waals surface area contributed by atoms with Gasteiger partial charge in [-0.3, -0.25) is 9.59 Å². The second kappa shape index (κ2) is 10.4. The summed E-state index contributed by atoms with van der Waals surface area (Å²) in [6, 6.07) is 29.2. The van der Waals surface area contributed by atoms with Crippen LogP contribution in [0.2, 0.25) is 0 Å². The molecule has 0 saturated carbocycles. The minimum absolute atomic E-state index is 0.163. The van der Waals surface area contributed by atoms with E-state index in [-0.39, 0.29) is 11.8 Å². The van der Waals surface area contributed by atoms with Crippen molar-refractivity contribution < 1.29 is 9.59 Å². The molecule has 0 bridgehead atoms. The molecule has 190 valence electrons. The largest absolute Gasteiger partial charge is 0.332 e. The van der Waals surface area contributed by atoms with Crippen LogP contribution in [0.5, 0.6) is 0 Å². The second-order valence-corrected chi connectivity index (χ2v) is 9.89. The van der Waals surface area contributed by atoms with Crippen molar-refractivity contribution in [3.05, 3.63) is 130 Å². The number of fused-ring (bicyclic) bond motifs is 1. The number of anilines is 2. The molecule has 5 aromatic rings. The highest BCUT2D eigenvalue weighted by molar-refractivity contribution is 6.08. The Kier molecular flexibility index (Phi) is 6.84. The summed E-state index contributed by atoms with van der Waals surface area (Å²) in [5.41, 5.74) is 9.24. The highest BCUT2D eigenvalue weighted by Crippen LogP contribution is 2.27. The topological polar surface area (TPSA) is 63.1 Å². The van der Waals surface area contributed by atoms with Crippen LogP contribution in [0.4, 0.5) is 11.4 Å². The number of benzene rings is 4. The first-order valence-electron chi connectivity index (χ1n) is 12.7. The SMILES string of the molecule is Cc1ccc(C)c(Cn2c(C(=O)Nc3ccccc3)cc3cc(NC(=O)c4ccc(C)c(C)c4)ccc32)c1. The van der Waals surface area contributed by atoms with Crippen molar-refractivity contribution in [1.82, 2.24) is 4.57 Å². The number of carbonyl (C=O) groups is 2. The minimum atomic E-state index is -0.182. The van der Waals surface area contributed by atoms with E-state index in [0.717, 1.165) is 33.3 Å². The van der Waals surface area contributed by atoms with Crippen molar-refractivity contribution >= 4 is 34.1 Å². The van der Waals surface area contributed by atoms with E-state index < -0.39 is 0 Å². The van der Waals surface area contributed by atoms with E-state index in [0.29, 0.717) is 23.5 Å².